The Balaban J connectivity index is 2.45. The lowest BCUT2D eigenvalue weighted by Gasteiger charge is -2.19. The number of carbonyl (C=O) groups is 2. The molecule has 1 aliphatic rings. The number of Topliss-reactive ketones (excluding diaryl/α,β-unsaturated/α-hetero) is 1. The van der Waals surface area contributed by atoms with Crippen LogP contribution in [-0.4, -0.2) is 24.5 Å². The second-order valence-electron chi connectivity index (χ2n) is 5.32. The summed E-state index contributed by atoms with van der Waals surface area (Å²) in [6.45, 7) is 5.60. The first-order chi connectivity index (χ1) is 10.9. The summed E-state index contributed by atoms with van der Waals surface area (Å²) >= 11 is 1.53. The molecule has 0 radical (unpaired) electrons. The molecule has 2 heterocycles. The van der Waals surface area contributed by atoms with Crippen molar-refractivity contribution in [2.45, 2.75) is 32.8 Å². The van der Waals surface area contributed by atoms with E-state index in [9.17, 15) is 9.59 Å². The van der Waals surface area contributed by atoms with E-state index in [4.69, 9.17) is 9.47 Å². The van der Waals surface area contributed by atoms with Crippen LogP contribution in [0, 0.1) is 6.92 Å². The minimum atomic E-state index is -1.20. The van der Waals surface area contributed by atoms with Crippen LogP contribution >= 0.6 is 11.3 Å². The molecular formula is C18H20O4S. The van der Waals surface area contributed by atoms with Crippen molar-refractivity contribution in [1.29, 1.82) is 0 Å². The topological polar surface area (TPSA) is 52.6 Å². The van der Waals surface area contributed by atoms with E-state index in [1.54, 1.807) is 19.1 Å². The van der Waals surface area contributed by atoms with Gasteiger partial charge in [-0.05, 0) is 37.8 Å². The molecule has 5 heteroatoms. The highest BCUT2D eigenvalue weighted by Gasteiger charge is 2.47. The first kappa shape index (κ1) is 17.2. The largest absolute Gasteiger partial charge is 0.474 e. The Morgan fingerprint density at radius 2 is 2.17 bits per heavy atom. The van der Waals surface area contributed by atoms with Gasteiger partial charge in [-0.25, -0.2) is 4.79 Å². The third kappa shape index (κ3) is 3.29. The van der Waals surface area contributed by atoms with Crippen molar-refractivity contribution >= 4 is 28.8 Å². The molecular weight excluding hydrogens is 312 g/mol. The third-order valence-corrected chi connectivity index (χ3v) is 4.45. The summed E-state index contributed by atoms with van der Waals surface area (Å²) in [7, 11) is 1.26. The van der Waals surface area contributed by atoms with Crippen molar-refractivity contribution in [2.24, 2.45) is 0 Å². The number of aryl methyl sites for hydroxylation is 1. The Morgan fingerprint density at radius 3 is 2.74 bits per heavy atom. The molecule has 1 aromatic heterocycles. The summed E-state index contributed by atoms with van der Waals surface area (Å²) < 4.78 is 10.7. The summed E-state index contributed by atoms with van der Waals surface area (Å²) in [6, 6.07) is 1.85. The molecule has 0 amide bonds. The zero-order valence-corrected chi connectivity index (χ0v) is 14.5. The Kier molecular flexibility index (Phi) is 5.21. The number of esters is 1. The van der Waals surface area contributed by atoms with Crippen LogP contribution in [0.15, 0.2) is 41.3 Å². The minimum Gasteiger partial charge on any atom is -0.474 e. The van der Waals surface area contributed by atoms with Gasteiger partial charge in [-0.3, -0.25) is 4.79 Å². The van der Waals surface area contributed by atoms with Gasteiger partial charge in [0.15, 0.2) is 5.60 Å². The van der Waals surface area contributed by atoms with Crippen LogP contribution in [0.1, 0.15) is 30.7 Å². The van der Waals surface area contributed by atoms with E-state index in [0.717, 1.165) is 16.9 Å². The predicted octanol–water partition coefficient (Wildman–Crippen LogP) is 3.82. The molecule has 0 bridgehead atoms. The summed E-state index contributed by atoms with van der Waals surface area (Å²) in [5, 5.41) is 1.90. The van der Waals surface area contributed by atoms with Gasteiger partial charge < -0.3 is 9.47 Å². The van der Waals surface area contributed by atoms with Gasteiger partial charge >= 0.3 is 5.97 Å². The highest BCUT2D eigenvalue weighted by molar-refractivity contribution is 7.10. The SMILES string of the molecule is CC/C=C/C=C/[C@@]1(C)OC(c2ccsc2C)=C(C(=O)OC)C1=O. The second kappa shape index (κ2) is 6.96. The van der Waals surface area contributed by atoms with E-state index in [1.807, 2.05) is 37.4 Å². The minimum absolute atomic E-state index is 0.0272. The van der Waals surface area contributed by atoms with Gasteiger partial charge in [0.1, 0.15) is 11.3 Å². The molecule has 0 aliphatic carbocycles. The van der Waals surface area contributed by atoms with Crippen molar-refractivity contribution in [3.05, 3.63) is 51.8 Å². The Labute approximate surface area is 140 Å². The number of hydrogen-bond acceptors (Lipinski definition) is 5. The van der Waals surface area contributed by atoms with Gasteiger partial charge in [0.25, 0.3) is 0 Å². The van der Waals surface area contributed by atoms with Crippen LogP contribution in [0.5, 0.6) is 0 Å². The highest BCUT2D eigenvalue weighted by atomic mass is 32.1. The number of ether oxygens (including phenoxy) is 2. The summed E-state index contributed by atoms with van der Waals surface area (Å²) in [5.74, 6) is -0.754. The van der Waals surface area contributed by atoms with Crippen molar-refractivity contribution in [1.82, 2.24) is 0 Å². The second-order valence-corrected chi connectivity index (χ2v) is 6.44. The third-order valence-electron chi connectivity index (χ3n) is 3.61. The average Bonchev–Trinajstić information content (AvgIpc) is 3.06. The molecule has 2 rings (SSSR count). The Hall–Kier alpha value is -2.14. The van der Waals surface area contributed by atoms with Crippen molar-refractivity contribution in [3.8, 4) is 0 Å². The van der Waals surface area contributed by atoms with Gasteiger partial charge in [0, 0.05) is 10.4 Å². The van der Waals surface area contributed by atoms with E-state index >= 15 is 0 Å². The number of hydrogen-bond donors (Lipinski definition) is 0. The normalized spacial score (nSPS) is 21.5. The average molecular weight is 332 g/mol. The zero-order chi connectivity index (χ0) is 17.0. The smallest absolute Gasteiger partial charge is 0.345 e. The molecule has 0 fully saturated rings. The number of ketones is 1. The van der Waals surface area contributed by atoms with Crippen molar-refractivity contribution in [2.75, 3.05) is 7.11 Å². The van der Waals surface area contributed by atoms with E-state index in [0.29, 0.717) is 5.76 Å². The lowest BCUT2D eigenvalue weighted by atomic mass is 9.95. The molecule has 1 aromatic rings. The summed E-state index contributed by atoms with van der Waals surface area (Å²) in [4.78, 5) is 25.8. The van der Waals surface area contributed by atoms with Gasteiger partial charge in [-0.1, -0.05) is 25.2 Å². The molecule has 0 saturated carbocycles. The van der Waals surface area contributed by atoms with E-state index in [1.165, 1.54) is 18.4 Å². The maximum absolute atomic E-state index is 12.8. The first-order valence-corrected chi connectivity index (χ1v) is 8.27. The van der Waals surface area contributed by atoms with E-state index in [2.05, 4.69) is 0 Å². The van der Waals surface area contributed by atoms with E-state index in [-0.39, 0.29) is 11.4 Å². The lowest BCUT2D eigenvalue weighted by molar-refractivity contribution is -0.138. The Bertz CT molecular complexity index is 708. The molecule has 0 aromatic carbocycles. The lowest BCUT2D eigenvalue weighted by Crippen LogP contribution is -2.32. The molecule has 4 nitrogen and oxygen atoms in total. The maximum atomic E-state index is 12.8. The molecule has 0 spiro atoms. The van der Waals surface area contributed by atoms with Crippen molar-refractivity contribution < 1.29 is 19.1 Å². The molecule has 23 heavy (non-hydrogen) atoms. The number of thiophene rings is 1. The van der Waals surface area contributed by atoms with Crippen LogP contribution in [0.4, 0.5) is 0 Å². The molecule has 1 aliphatic heterocycles. The Morgan fingerprint density at radius 1 is 1.43 bits per heavy atom. The van der Waals surface area contributed by atoms with Gasteiger partial charge in [-0.2, -0.15) is 0 Å². The molecule has 122 valence electrons. The predicted molar refractivity (Wildman–Crippen MR) is 91.1 cm³/mol. The number of allylic oxidation sites excluding steroid dienone is 3. The van der Waals surface area contributed by atoms with Crippen molar-refractivity contribution in [3.63, 3.8) is 0 Å². The molecule has 0 saturated heterocycles. The maximum Gasteiger partial charge on any atom is 0.345 e. The fourth-order valence-corrected chi connectivity index (χ4v) is 3.02. The zero-order valence-electron chi connectivity index (χ0n) is 13.7. The molecule has 0 N–H and O–H groups in total. The van der Waals surface area contributed by atoms with Crippen LogP contribution in [-0.2, 0) is 19.1 Å². The van der Waals surface area contributed by atoms with Crippen LogP contribution < -0.4 is 0 Å². The summed E-state index contributed by atoms with van der Waals surface area (Å²) in [5.41, 5.74) is -0.476. The first-order valence-electron chi connectivity index (χ1n) is 7.39. The molecule has 1 atom stereocenters. The fourth-order valence-electron chi connectivity index (χ4n) is 2.32. The quantitative estimate of drug-likeness (QED) is 0.467. The standard InChI is InChI=1S/C18H20O4S/c1-5-6-7-8-10-18(3)16(19)14(17(20)21-4)15(22-18)13-9-11-23-12(13)2/h6-11H,5H2,1-4H3/b7-6+,10-8+/t18-/m1/s1. The molecule has 0 unspecified atom stereocenters. The van der Waals surface area contributed by atoms with Gasteiger partial charge in [0.2, 0.25) is 5.78 Å². The van der Waals surface area contributed by atoms with Crippen LogP contribution in [0.25, 0.3) is 5.76 Å². The van der Waals surface area contributed by atoms with Crippen LogP contribution in [0.2, 0.25) is 0 Å². The number of methoxy groups -OCH3 is 1. The summed E-state index contributed by atoms with van der Waals surface area (Å²) in [6.07, 6.45) is 8.16. The number of rotatable bonds is 5. The van der Waals surface area contributed by atoms with Crippen LogP contribution in [0.3, 0.4) is 0 Å². The van der Waals surface area contributed by atoms with E-state index < -0.39 is 11.6 Å². The fraction of sp³-hybridized carbons (Fsp3) is 0.333. The highest BCUT2D eigenvalue weighted by Crippen LogP contribution is 2.40. The van der Waals surface area contributed by atoms with Gasteiger partial charge in [0.05, 0.1) is 7.11 Å². The number of carbonyl (C=O) groups excluding carboxylic acids is 2. The van der Waals surface area contributed by atoms with Gasteiger partial charge in [-0.15, -0.1) is 11.3 Å². The monoisotopic (exact) mass is 332 g/mol.